The van der Waals surface area contributed by atoms with Crippen LogP contribution in [-0.2, 0) is 12.7 Å². The maximum absolute atomic E-state index is 13.8. The Balaban J connectivity index is 2.17. The molecule has 29 heavy (non-hydrogen) atoms. The number of anilines is 1. The molecule has 1 aromatic heterocycles. The maximum atomic E-state index is 13.8. The Kier molecular flexibility index (Phi) is 5.42. The minimum absolute atomic E-state index is 0.114. The standard InChI is InChI=1S/C22H19F4N2O/c1-13-3-4-16(9-14(13)2)21-19(22(24,25)26)10-18(27)11-28(21)12-20(29)15-5-7-17(23)8-6-15/h3-11H,12,27H2,1-2H3/q+1. The van der Waals surface area contributed by atoms with Gasteiger partial charge in [0.1, 0.15) is 11.4 Å². The highest BCUT2D eigenvalue weighted by molar-refractivity contribution is 5.95. The van der Waals surface area contributed by atoms with Crippen LogP contribution in [0.2, 0.25) is 0 Å². The molecule has 150 valence electrons. The Labute approximate surface area is 165 Å². The van der Waals surface area contributed by atoms with E-state index in [4.69, 9.17) is 5.73 Å². The van der Waals surface area contributed by atoms with Gasteiger partial charge in [0.15, 0.2) is 6.20 Å². The zero-order valence-corrected chi connectivity index (χ0v) is 15.8. The van der Waals surface area contributed by atoms with Crippen molar-refractivity contribution in [1.29, 1.82) is 0 Å². The van der Waals surface area contributed by atoms with Crippen molar-refractivity contribution in [2.45, 2.75) is 26.6 Å². The molecule has 0 saturated heterocycles. The smallest absolute Gasteiger partial charge is 0.394 e. The number of nitrogen functional groups attached to an aromatic ring is 1. The predicted octanol–water partition coefficient (Wildman–Crippen LogP) is 4.88. The summed E-state index contributed by atoms with van der Waals surface area (Å²) in [4.78, 5) is 12.6. The number of hydrogen-bond donors (Lipinski definition) is 1. The molecule has 3 rings (SSSR count). The summed E-state index contributed by atoms with van der Waals surface area (Å²) < 4.78 is 55.7. The maximum Gasteiger partial charge on any atom is 0.422 e. The van der Waals surface area contributed by atoms with Gasteiger partial charge in [-0.1, -0.05) is 6.07 Å². The summed E-state index contributed by atoms with van der Waals surface area (Å²) in [6.07, 6.45) is -3.36. The third-order valence-corrected chi connectivity index (χ3v) is 4.72. The van der Waals surface area contributed by atoms with Gasteiger partial charge in [0.2, 0.25) is 18.0 Å². The number of aryl methyl sites for hydroxylation is 2. The third-order valence-electron chi connectivity index (χ3n) is 4.72. The van der Waals surface area contributed by atoms with Crippen molar-refractivity contribution in [2.75, 3.05) is 5.73 Å². The number of pyridine rings is 1. The molecule has 1 heterocycles. The van der Waals surface area contributed by atoms with E-state index in [9.17, 15) is 22.4 Å². The molecule has 0 spiro atoms. The average molecular weight is 403 g/mol. The van der Waals surface area contributed by atoms with Crippen LogP contribution >= 0.6 is 0 Å². The highest BCUT2D eigenvalue weighted by Gasteiger charge is 2.40. The van der Waals surface area contributed by atoms with Crippen LogP contribution in [0.5, 0.6) is 0 Å². The Hall–Kier alpha value is -3.22. The Bertz CT molecular complexity index is 1070. The minimum Gasteiger partial charge on any atom is -0.394 e. The lowest BCUT2D eigenvalue weighted by Crippen LogP contribution is -2.42. The molecule has 0 unspecified atom stereocenters. The first-order valence-electron chi connectivity index (χ1n) is 8.83. The van der Waals surface area contributed by atoms with E-state index in [2.05, 4.69) is 0 Å². The third kappa shape index (κ3) is 4.45. The number of nitrogens with zero attached hydrogens (tertiary/aromatic N) is 1. The molecule has 0 bridgehead atoms. The van der Waals surface area contributed by atoms with Crippen LogP contribution in [0.4, 0.5) is 23.2 Å². The summed E-state index contributed by atoms with van der Waals surface area (Å²) in [6, 6.07) is 10.7. The summed E-state index contributed by atoms with van der Waals surface area (Å²) in [5.74, 6) is -0.966. The first kappa shape index (κ1) is 20.5. The number of benzene rings is 2. The second kappa shape index (κ2) is 7.66. The average Bonchev–Trinajstić information content (AvgIpc) is 2.63. The fraction of sp³-hybridized carbons (Fsp3) is 0.182. The summed E-state index contributed by atoms with van der Waals surface area (Å²) in [5, 5.41) is 0. The van der Waals surface area contributed by atoms with E-state index in [1.54, 1.807) is 25.1 Å². The van der Waals surface area contributed by atoms with Crippen LogP contribution in [0.1, 0.15) is 27.0 Å². The van der Waals surface area contributed by atoms with Crippen molar-refractivity contribution >= 4 is 11.5 Å². The second-order valence-electron chi connectivity index (χ2n) is 6.89. The van der Waals surface area contributed by atoms with Crippen LogP contribution in [-0.4, -0.2) is 5.78 Å². The molecule has 0 aliphatic rings. The van der Waals surface area contributed by atoms with Gasteiger partial charge in [0, 0.05) is 11.1 Å². The van der Waals surface area contributed by atoms with Gasteiger partial charge in [-0.2, -0.15) is 17.7 Å². The molecule has 0 amide bonds. The van der Waals surface area contributed by atoms with Gasteiger partial charge >= 0.3 is 6.18 Å². The molecule has 0 atom stereocenters. The predicted molar refractivity (Wildman–Crippen MR) is 102 cm³/mol. The second-order valence-corrected chi connectivity index (χ2v) is 6.89. The number of hydrogen-bond acceptors (Lipinski definition) is 2. The first-order valence-corrected chi connectivity index (χ1v) is 8.83. The molecule has 0 fully saturated rings. The lowest BCUT2D eigenvalue weighted by atomic mass is 9.99. The molecule has 2 N–H and O–H groups in total. The van der Waals surface area contributed by atoms with E-state index < -0.39 is 23.3 Å². The lowest BCUT2D eigenvalue weighted by molar-refractivity contribution is -0.672. The first-order chi connectivity index (χ1) is 13.6. The largest absolute Gasteiger partial charge is 0.422 e. The number of Topliss-reactive ketones (excluding diaryl/α,β-unsaturated/α-hetero) is 1. The van der Waals surface area contributed by atoms with Crippen molar-refractivity contribution < 1.29 is 26.9 Å². The van der Waals surface area contributed by atoms with Crippen LogP contribution in [0, 0.1) is 19.7 Å². The number of halogens is 4. The fourth-order valence-corrected chi connectivity index (χ4v) is 3.10. The van der Waals surface area contributed by atoms with Crippen molar-refractivity contribution in [3.05, 3.63) is 82.8 Å². The normalized spacial score (nSPS) is 11.5. The molecule has 0 saturated carbocycles. The topological polar surface area (TPSA) is 47.0 Å². The monoisotopic (exact) mass is 403 g/mol. The van der Waals surface area contributed by atoms with Crippen molar-refractivity contribution in [3.8, 4) is 11.3 Å². The SMILES string of the molecule is Cc1ccc(-c2c(C(F)(F)F)cc(N)c[n+]2CC(=O)c2ccc(F)cc2)cc1C. The minimum atomic E-state index is -4.66. The zero-order valence-electron chi connectivity index (χ0n) is 15.8. The van der Waals surface area contributed by atoms with Gasteiger partial charge < -0.3 is 5.73 Å². The summed E-state index contributed by atoms with van der Waals surface area (Å²) in [7, 11) is 0. The quantitative estimate of drug-likeness (QED) is 0.383. The van der Waals surface area contributed by atoms with Crippen molar-refractivity contribution in [3.63, 3.8) is 0 Å². The van der Waals surface area contributed by atoms with E-state index >= 15 is 0 Å². The molecule has 0 aliphatic heterocycles. The summed E-state index contributed by atoms with van der Waals surface area (Å²) in [6.45, 7) is 3.29. The lowest BCUT2D eigenvalue weighted by Gasteiger charge is -2.14. The van der Waals surface area contributed by atoms with E-state index in [1.807, 2.05) is 6.92 Å². The fourth-order valence-electron chi connectivity index (χ4n) is 3.10. The molecule has 7 heteroatoms. The molecule has 3 nitrogen and oxygen atoms in total. The van der Waals surface area contributed by atoms with Gasteiger partial charge in [-0.3, -0.25) is 4.79 Å². The number of carbonyl (C=O) groups excluding carboxylic acids is 1. The van der Waals surface area contributed by atoms with E-state index in [0.29, 0.717) is 5.56 Å². The van der Waals surface area contributed by atoms with Gasteiger partial charge in [0.05, 0.1) is 5.69 Å². The number of carbonyl (C=O) groups is 1. The number of alkyl halides is 3. The number of ketones is 1. The van der Waals surface area contributed by atoms with E-state index in [-0.39, 0.29) is 23.5 Å². The van der Waals surface area contributed by atoms with Gasteiger partial charge in [-0.15, -0.1) is 0 Å². The number of aromatic nitrogens is 1. The van der Waals surface area contributed by atoms with E-state index in [0.717, 1.165) is 29.3 Å². The van der Waals surface area contributed by atoms with Crippen molar-refractivity contribution in [2.24, 2.45) is 0 Å². The molecule has 3 aromatic rings. The van der Waals surface area contributed by atoms with Crippen LogP contribution < -0.4 is 10.3 Å². The number of nitrogens with two attached hydrogens (primary N) is 1. The van der Waals surface area contributed by atoms with Gasteiger partial charge in [-0.25, -0.2) is 4.39 Å². The molecule has 0 aliphatic carbocycles. The molecule has 0 radical (unpaired) electrons. The van der Waals surface area contributed by atoms with Gasteiger partial charge in [-0.05, 0) is 67.4 Å². The summed E-state index contributed by atoms with van der Waals surface area (Å²) >= 11 is 0. The summed E-state index contributed by atoms with van der Waals surface area (Å²) in [5.41, 5.74) is 6.81. The van der Waals surface area contributed by atoms with Crippen molar-refractivity contribution in [1.82, 2.24) is 0 Å². The Morgan fingerprint density at radius 3 is 2.24 bits per heavy atom. The zero-order chi connectivity index (χ0) is 21.3. The van der Waals surface area contributed by atoms with Crippen LogP contribution in [0.25, 0.3) is 11.3 Å². The van der Waals surface area contributed by atoms with E-state index in [1.165, 1.54) is 22.9 Å². The number of rotatable bonds is 4. The van der Waals surface area contributed by atoms with Gasteiger partial charge in [0.25, 0.3) is 0 Å². The Morgan fingerprint density at radius 2 is 1.66 bits per heavy atom. The molecule has 2 aromatic carbocycles. The molecular weight excluding hydrogens is 384 g/mol. The highest BCUT2D eigenvalue weighted by Crippen LogP contribution is 2.36. The Morgan fingerprint density at radius 1 is 1.00 bits per heavy atom. The molecular formula is C22H19F4N2O+. The van der Waals surface area contributed by atoms with Crippen LogP contribution in [0.15, 0.2) is 54.7 Å². The van der Waals surface area contributed by atoms with Crippen LogP contribution in [0.3, 0.4) is 0 Å². The highest BCUT2D eigenvalue weighted by atomic mass is 19.4.